The Kier molecular flexibility index (Phi) is 26.8. The molecular weight excluding hydrogens is 909 g/mol. The highest BCUT2D eigenvalue weighted by Gasteiger charge is 2.45. The molecule has 11 heteroatoms. The van der Waals surface area contributed by atoms with Crippen LogP contribution in [-0.2, 0) is 27.2 Å². The van der Waals surface area contributed by atoms with E-state index in [4.69, 9.17) is 22.4 Å². The Balaban J connectivity index is 7.22. The molecule has 0 saturated heterocycles. The predicted molar refractivity (Wildman–Crippen MR) is 307 cm³/mol. The highest BCUT2D eigenvalue weighted by atomic mass is 28.4. The van der Waals surface area contributed by atoms with Gasteiger partial charge in [-0.3, -0.25) is 0 Å². The molecule has 0 rings (SSSR count). The van der Waals surface area contributed by atoms with Crippen molar-refractivity contribution in [1.82, 2.24) is 0 Å². The summed E-state index contributed by atoms with van der Waals surface area (Å²) in [6.07, 6.45) is 20.6. The van der Waals surface area contributed by atoms with Crippen molar-refractivity contribution in [2.45, 2.75) is 253 Å². The molecule has 68 heavy (non-hydrogen) atoms. The molecule has 0 aromatic carbocycles. The van der Waals surface area contributed by atoms with Crippen LogP contribution in [0.2, 0.25) is 72.5 Å². The zero-order valence-corrected chi connectivity index (χ0v) is 53.5. The van der Waals surface area contributed by atoms with Crippen molar-refractivity contribution in [2.24, 2.45) is 35.5 Å². The van der Waals surface area contributed by atoms with Crippen molar-refractivity contribution in [3.05, 3.63) is 61.3 Å². The number of methoxy groups -OCH3 is 1. The topological polar surface area (TPSA) is 83.5 Å². The number of aliphatic hydroxyl groups is 1. The van der Waals surface area contributed by atoms with Crippen molar-refractivity contribution >= 4 is 39.2 Å². The van der Waals surface area contributed by atoms with E-state index >= 15 is 0 Å². The van der Waals surface area contributed by atoms with E-state index in [1.165, 1.54) is 13.2 Å². The van der Waals surface area contributed by atoms with Crippen molar-refractivity contribution in [3.63, 3.8) is 0 Å². The summed E-state index contributed by atoms with van der Waals surface area (Å²) in [6.45, 7) is 64.0. The van der Waals surface area contributed by atoms with E-state index in [1.807, 2.05) is 12.2 Å². The molecule has 11 atom stereocenters. The largest absolute Gasteiger partial charge is 0.466 e. The molecular formula is C57H112O7Si4. The number of carbonyl (C=O) groups excluding carboxylic acids is 1. The quantitative estimate of drug-likeness (QED) is 0.0275. The second-order valence-electron chi connectivity index (χ2n) is 26.9. The van der Waals surface area contributed by atoms with Gasteiger partial charge in [-0.15, -0.1) is 0 Å². The number of rotatable bonds is 28. The smallest absolute Gasteiger partial charge is 0.330 e. The van der Waals surface area contributed by atoms with E-state index in [-0.39, 0.29) is 74.2 Å². The minimum absolute atomic E-state index is 0.00169. The molecule has 0 amide bonds. The normalized spacial score (nSPS) is 19.5. The van der Waals surface area contributed by atoms with Gasteiger partial charge in [0.2, 0.25) is 0 Å². The highest BCUT2D eigenvalue weighted by Crippen LogP contribution is 2.44. The van der Waals surface area contributed by atoms with Crippen molar-refractivity contribution < 1.29 is 32.3 Å². The minimum Gasteiger partial charge on any atom is -0.466 e. The lowest BCUT2D eigenvalue weighted by Gasteiger charge is -2.44. The van der Waals surface area contributed by atoms with Crippen molar-refractivity contribution in [1.29, 1.82) is 0 Å². The fourth-order valence-corrected chi connectivity index (χ4v) is 13.1. The lowest BCUT2D eigenvalue weighted by Crippen LogP contribution is -2.48. The molecule has 0 aliphatic heterocycles. The van der Waals surface area contributed by atoms with E-state index in [9.17, 15) is 9.90 Å². The van der Waals surface area contributed by atoms with Crippen LogP contribution < -0.4 is 0 Å². The summed E-state index contributed by atoms with van der Waals surface area (Å²) in [5, 5.41) is 11.8. The summed E-state index contributed by atoms with van der Waals surface area (Å²) < 4.78 is 34.2. The molecule has 0 bridgehead atoms. The first-order valence-corrected chi connectivity index (χ1v) is 37.9. The Morgan fingerprint density at radius 2 is 0.985 bits per heavy atom. The third-order valence-corrected chi connectivity index (χ3v) is 34.6. The van der Waals surface area contributed by atoms with Crippen LogP contribution >= 0.6 is 0 Å². The summed E-state index contributed by atoms with van der Waals surface area (Å²) in [5.74, 6) is 0.527. The number of hydrogen-bond acceptors (Lipinski definition) is 7. The molecule has 0 fully saturated rings. The molecule has 0 radical (unpaired) electrons. The molecule has 1 N–H and O–H groups in total. The average Bonchev–Trinajstić information content (AvgIpc) is 3.17. The molecule has 0 aromatic rings. The maximum atomic E-state index is 11.8. The first kappa shape index (κ1) is 66.8. The standard InChI is InChI=1S/C57H112O7Si4/c1-29-30-33-44(4)52(59)47(7)49(62-66(23,24)55(11,12)13)39-36-42(2)40-46(6)53(64-68(27,28)57(17,18)19)45(5)37-38-48(61-65(21,22)54(8,9)10)41-50(63-67(25,26)56(14,15)16)43(3)34-31-32-35-51(58)60-20/h29-35,37-38,42-50,52-53,59H,1,36,39-41H2,2-28H3/b33-30-,34-31+,35-32-,38-37-/t42-,43-,44-,45-,46+,47-,48+,49-,50-,52-,53-/m0/s1. The SMILES string of the molecule is C=C/C=C\[C@H](C)[C@H](O)[C@@H](C)[C@H](CC[C@H](C)C[C@@H](C)[C@@H](O[Si](C)(C)C(C)(C)C)[C@@H](C)/C=C\[C@H](C[C@H](O[Si](C)(C)C(C)(C)C)[C@@H](C)/C=C/C=C\C(=O)OC)O[Si](C)(C)C(C)(C)C)O[Si](C)(C)C(C)(C)C. The molecule has 398 valence electrons. The summed E-state index contributed by atoms with van der Waals surface area (Å²) in [4.78, 5) is 11.8. The van der Waals surface area contributed by atoms with Gasteiger partial charge >= 0.3 is 5.97 Å². The Bertz CT molecular complexity index is 1620. The Labute approximate surface area is 426 Å². The van der Waals surface area contributed by atoms with Gasteiger partial charge in [-0.1, -0.05) is 180 Å². The zero-order chi connectivity index (χ0) is 53.7. The van der Waals surface area contributed by atoms with Gasteiger partial charge in [-0.25, -0.2) is 4.79 Å². The number of ether oxygens (including phenoxy) is 1. The van der Waals surface area contributed by atoms with E-state index in [1.54, 1.807) is 12.2 Å². The van der Waals surface area contributed by atoms with Crippen LogP contribution in [0.15, 0.2) is 61.3 Å². The van der Waals surface area contributed by atoms with E-state index in [2.05, 4.69) is 208 Å². The molecule has 0 aromatic heterocycles. The number of allylic oxidation sites excluding steroid dienone is 4. The van der Waals surface area contributed by atoms with Gasteiger partial charge in [0, 0.05) is 24.3 Å². The minimum atomic E-state index is -2.22. The van der Waals surface area contributed by atoms with Gasteiger partial charge in [0.25, 0.3) is 0 Å². The summed E-state index contributed by atoms with van der Waals surface area (Å²) in [7, 11) is -7.31. The molecule has 0 heterocycles. The Hall–Kier alpha value is -1.16. The molecule has 0 saturated carbocycles. The van der Waals surface area contributed by atoms with Crippen LogP contribution in [0.4, 0.5) is 0 Å². The highest BCUT2D eigenvalue weighted by molar-refractivity contribution is 6.75. The van der Waals surface area contributed by atoms with Crippen molar-refractivity contribution in [3.8, 4) is 0 Å². The lowest BCUT2D eigenvalue weighted by molar-refractivity contribution is -0.134. The third kappa shape index (κ3) is 21.9. The first-order valence-electron chi connectivity index (χ1n) is 26.3. The van der Waals surface area contributed by atoms with Gasteiger partial charge < -0.3 is 27.5 Å². The van der Waals surface area contributed by atoms with Crippen LogP contribution in [0, 0.1) is 35.5 Å². The molecule has 0 aliphatic rings. The average molecular weight is 1020 g/mol. The second kappa shape index (κ2) is 27.2. The number of carbonyl (C=O) groups is 1. The summed E-state index contributed by atoms with van der Waals surface area (Å²) in [5.41, 5.74) is 0. The maximum absolute atomic E-state index is 11.8. The fourth-order valence-electron chi connectivity index (χ4n) is 7.49. The molecule has 7 nitrogen and oxygen atoms in total. The first-order chi connectivity index (χ1) is 30.5. The number of esters is 1. The van der Waals surface area contributed by atoms with Gasteiger partial charge in [0.05, 0.1) is 37.6 Å². The maximum Gasteiger partial charge on any atom is 0.330 e. The van der Waals surface area contributed by atoms with Gasteiger partial charge in [0.15, 0.2) is 33.3 Å². The van der Waals surface area contributed by atoms with E-state index in [0.717, 1.165) is 19.3 Å². The van der Waals surface area contributed by atoms with Crippen LogP contribution in [0.3, 0.4) is 0 Å². The van der Waals surface area contributed by atoms with Gasteiger partial charge in [-0.2, -0.15) is 0 Å². The van der Waals surface area contributed by atoms with Crippen molar-refractivity contribution in [2.75, 3.05) is 7.11 Å². The zero-order valence-electron chi connectivity index (χ0n) is 49.5. The molecule has 0 spiro atoms. The van der Waals surface area contributed by atoms with Gasteiger partial charge in [-0.05, 0) is 115 Å². The summed E-state index contributed by atoms with van der Waals surface area (Å²) in [6, 6.07) is 0. The van der Waals surface area contributed by atoms with E-state index in [0.29, 0.717) is 18.3 Å². The molecule has 0 aliphatic carbocycles. The predicted octanol–water partition coefficient (Wildman–Crippen LogP) is 16.9. The molecule has 0 unspecified atom stereocenters. The lowest BCUT2D eigenvalue weighted by atomic mass is 9.82. The number of aliphatic hydroxyl groups excluding tert-OH is 1. The van der Waals surface area contributed by atoms with Gasteiger partial charge in [0.1, 0.15) is 0 Å². The van der Waals surface area contributed by atoms with Crippen LogP contribution in [0.25, 0.3) is 0 Å². The van der Waals surface area contributed by atoms with Crippen LogP contribution in [0.1, 0.15) is 150 Å². The monoisotopic (exact) mass is 1020 g/mol. The summed E-state index contributed by atoms with van der Waals surface area (Å²) >= 11 is 0. The third-order valence-electron chi connectivity index (χ3n) is 16.6. The second-order valence-corrected chi connectivity index (χ2v) is 45.9. The van der Waals surface area contributed by atoms with Crippen LogP contribution in [0.5, 0.6) is 0 Å². The Morgan fingerprint density at radius 3 is 1.44 bits per heavy atom. The fraction of sp³-hybridized carbons (Fsp3) is 0.807. The van der Waals surface area contributed by atoms with Crippen LogP contribution in [-0.4, -0.2) is 82.0 Å². The van der Waals surface area contributed by atoms with E-state index < -0.39 is 39.4 Å². The Morgan fingerprint density at radius 1 is 0.544 bits per heavy atom. The number of hydrogen-bond donors (Lipinski definition) is 1.